The van der Waals surface area contributed by atoms with Crippen molar-refractivity contribution < 1.29 is 18.0 Å². The summed E-state index contributed by atoms with van der Waals surface area (Å²) in [5.41, 5.74) is 0.191. The van der Waals surface area contributed by atoms with Gasteiger partial charge in [-0.2, -0.15) is 13.2 Å². The van der Waals surface area contributed by atoms with Crippen molar-refractivity contribution >= 4 is 11.6 Å². The molecule has 7 heteroatoms. The molecule has 0 radical (unpaired) electrons. The van der Waals surface area contributed by atoms with E-state index in [1.807, 2.05) is 0 Å². The number of rotatable bonds is 3. The van der Waals surface area contributed by atoms with E-state index in [2.05, 4.69) is 10.3 Å². The summed E-state index contributed by atoms with van der Waals surface area (Å²) in [6.07, 6.45) is -1.57. The number of carbonyl (C=O) groups is 1. The van der Waals surface area contributed by atoms with Crippen LogP contribution in [0.15, 0.2) is 24.5 Å². The molecule has 102 valence electrons. The minimum Gasteiger partial charge on any atom is -0.350 e. The third-order valence-corrected chi connectivity index (χ3v) is 2.62. The Balaban J connectivity index is 2.23. The van der Waals surface area contributed by atoms with Gasteiger partial charge in [-0.15, -0.1) is 0 Å². The number of nitrogens with one attached hydrogen (secondary N) is 1. The highest BCUT2D eigenvalue weighted by Crippen LogP contribution is 2.29. The second kappa shape index (κ2) is 4.91. The predicted molar refractivity (Wildman–Crippen MR) is 62.3 cm³/mol. The highest BCUT2D eigenvalue weighted by Gasteiger charge is 2.30. The van der Waals surface area contributed by atoms with Gasteiger partial charge in [0.1, 0.15) is 5.65 Å². The largest absolute Gasteiger partial charge is 0.417 e. The Morgan fingerprint density at radius 1 is 1.37 bits per heavy atom. The smallest absolute Gasteiger partial charge is 0.350 e. The number of amides is 1. The Morgan fingerprint density at radius 2 is 2.11 bits per heavy atom. The number of hydrogen-bond acceptors (Lipinski definition) is 2. The molecule has 0 unspecified atom stereocenters. The van der Waals surface area contributed by atoms with Crippen molar-refractivity contribution in [3.8, 4) is 0 Å². The van der Waals surface area contributed by atoms with Gasteiger partial charge in [0.25, 0.3) is 0 Å². The summed E-state index contributed by atoms with van der Waals surface area (Å²) in [5.74, 6) is -0.131. The third-order valence-electron chi connectivity index (χ3n) is 2.62. The van der Waals surface area contributed by atoms with Gasteiger partial charge in [-0.05, 0) is 12.1 Å². The summed E-state index contributed by atoms with van der Waals surface area (Å²) in [6.45, 7) is 1.92. The molecule has 0 saturated carbocycles. The van der Waals surface area contributed by atoms with Crippen molar-refractivity contribution in [1.29, 1.82) is 0 Å². The number of nitrogens with zero attached hydrogens (tertiary/aromatic N) is 2. The van der Waals surface area contributed by atoms with Crippen LogP contribution in [0.3, 0.4) is 0 Å². The summed E-state index contributed by atoms with van der Waals surface area (Å²) in [5, 5.41) is 2.62. The molecule has 0 aromatic carbocycles. The molecule has 19 heavy (non-hydrogen) atoms. The molecule has 0 saturated heterocycles. The third kappa shape index (κ3) is 3.04. The van der Waals surface area contributed by atoms with Gasteiger partial charge < -0.3 is 9.72 Å². The minimum absolute atomic E-state index is 0.131. The van der Waals surface area contributed by atoms with Crippen LogP contribution < -0.4 is 5.32 Å². The first kappa shape index (κ1) is 13.4. The molecule has 0 spiro atoms. The van der Waals surface area contributed by atoms with Crippen LogP contribution in [0, 0.1) is 0 Å². The highest BCUT2D eigenvalue weighted by atomic mass is 19.4. The van der Waals surface area contributed by atoms with Crippen molar-refractivity contribution in [2.24, 2.45) is 0 Å². The molecule has 0 bridgehead atoms. The topological polar surface area (TPSA) is 46.4 Å². The maximum Gasteiger partial charge on any atom is 0.417 e. The Labute approximate surface area is 107 Å². The molecule has 1 amide bonds. The molecular formula is C12H12F3N3O. The van der Waals surface area contributed by atoms with Gasteiger partial charge in [0, 0.05) is 18.8 Å². The lowest BCUT2D eigenvalue weighted by Gasteiger charge is -2.05. The van der Waals surface area contributed by atoms with Crippen LogP contribution in [-0.2, 0) is 17.5 Å². The number of carbonyl (C=O) groups excluding carboxylic acids is 1. The zero-order valence-electron chi connectivity index (χ0n) is 10.2. The van der Waals surface area contributed by atoms with E-state index in [0.29, 0.717) is 17.8 Å². The average molecular weight is 271 g/mol. The Kier molecular flexibility index (Phi) is 3.46. The fourth-order valence-corrected chi connectivity index (χ4v) is 1.61. The van der Waals surface area contributed by atoms with E-state index >= 15 is 0 Å². The summed E-state index contributed by atoms with van der Waals surface area (Å²) < 4.78 is 38.9. The van der Waals surface area contributed by atoms with Crippen LogP contribution in [0.4, 0.5) is 13.2 Å². The molecule has 2 aromatic heterocycles. The van der Waals surface area contributed by atoms with E-state index in [9.17, 15) is 18.0 Å². The summed E-state index contributed by atoms with van der Waals surface area (Å²) in [6, 6.07) is 2.28. The molecule has 1 N–H and O–H groups in total. The van der Waals surface area contributed by atoms with E-state index in [4.69, 9.17) is 0 Å². The fourth-order valence-electron chi connectivity index (χ4n) is 1.61. The van der Waals surface area contributed by atoms with Crippen molar-refractivity contribution in [2.45, 2.75) is 26.1 Å². The SMILES string of the molecule is CCC(=O)NCc1cn2cc(C(F)(F)F)ccc2n1. The molecule has 4 nitrogen and oxygen atoms in total. The van der Waals surface area contributed by atoms with Crippen molar-refractivity contribution in [1.82, 2.24) is 14.7 Å². The van der Waals surface area contributed by atoms with Crippen molar-refractivity contribution in [3.05, 3.63) is 35.8 Å². The molecule has 2 heterocycles. The lowest BCUT2D eigenvalue weighted by atomic mass is 10.3. The monoisotopic (exact) mass is 271 g/mol. The minimum atomic E-state index is -4.38. The van der Waals surface area contributed by atoms with Crippen LogP contribution >= 0.6 is 0 Å². The van der Waals surface area contributed by atoms with Gasteiger partial charge in [-0.3, -0.25) is 4.79 Å². The molecule has 0 aliphatic rings. The molecule has 0 fully saturated rings. The number of aromatic nitrogens is 2. The number of fused-ring (bicyclic) bond motifs is 1. The molecule has 2 aromatic rings. The zero-order chi connectivity index (χ0) is 14.0. The van der Waals surface area contributed by atoms with Crippen molar-refractivity contribution in [2.75, 3.05) is 0 Å². The van der Waals surface area contributed by atoms with Crippen LogP contribution in [0.5, 0.6) is 0 Å². The Morgan fingerprint density at radius 3 is 2.74 bits per heavy atom. The van der Waals surface area contributed by atoms with E-state index in [1.54, 1.807) is 6.92 Å². The van der Waals surface area contributed by atoms with Crippen LogP contribution in [0.1, 0.15) is 24.6 Å². The van der Waals surface area contributed by atoms with E-state index in [0.717, 1.165) is 12.3 Å². The summed E-state index contributed by atoms with van der Waals surface area (Å²) in [4.78, 5) is 15.2. The van der Waals surface area contributed by atoms with Gasteiger partial charge in [-0.25, -0.2) is 4.98 Å². The molecule has 0 aliphatic carbocycles. The van der Waals surface area contributed by atoms with Crippen molar-refractivity contribution in [3.63, 3.8) is 0 Å². The van der Waals surface area contributed by atoms with E-state index in [1.165, 1.54) is 16.7 Å². The highest BCUT2D eigenvalue weighted by molar-refractivity contribution is 5.75. The van der Waals surface area contributed by atoms with Crippen LogP contribution in [0.2, 0.25) is 0 Å². The first-order valence-corrected chi connectivity index (χ1v) is 5.71. The molecule has 2 rings (SSSR count). The van der Waals surface area contributed by atoms with E-state index in [-0.39, 0.29) is 12.5 Å². The maximum atomic E-state index is 12.5. The van der Waals surface area contributed by atoms with Crippen LogP contribution in [0.25, 0.3) is 5.65 Å². The normalized spacial score (nSPS) is 11.8. The second-order valence-electron chi connectivity index (χ2n) is 4.04. The standard InChI is InChI=1S/C12H12F3N3O/c1-2-11(19)16-5-9-7-18-6-8(12(13,14)15)3-4-10(18)17-9/h3-4,6-7H,2,5H2,1H3,(H,16,19). The number of hydrogen-bond donors (Lipinski definition) is 1. The van der Waals surface area contributed by atoms with E-state index < -0.39 is 11.7 Å². The Bertz CT molecular complexity index is 604. The van der Waals surface area contributed by atoms with Crippen LogP contribution in [-0.4, -0.2) is 15.3 Å². The zero-order valence-corrected chi connectivity index (χ0v) is 10.2. The van der Waals surface area contributed by atoms with Gasteiger partial charge >= 0.3 is 6.18 Å². The molecule has 0 aliphatic heterocycles. The fraction of sp³-hybridized carbons (Fsp3) is 0.333. The van der Waals surface area contributed by atoms with Gasteiger partial charge in [0.05, 0.1) is 17.8 Å². The second-order valence-corrected chi connectivity index (χ2v) is 4.04. The summed E-state index contributed by atoms with van der Waals surface area (Å²) >= 11 is 0. The number of halogens is 3. The lowest BCUT2D eigenvalue weighted by Crippen LogP contribution is -2.21. The lowest BCUT2D eigenvalue weighted by molar-refractivity contribution is -0.137. The molecular weight excluding hydrogens is 259 g/mol. The number of pyridine rings is 1. The summed E-state index contributed by atoms with van der Waals surface area (Å²) in [7, 11) is 0. The number of alkyl halides is 3. The number of imidazole rings is 1. The van der Waals surface area contributed by atoms with Gasteiger partial charge in [0.2, 0.25) is 5.91 Å². The van der Waals surface area contributed by atoms with Gasteiger partial charge in [-0.1, -0.05) is 6.92 Å². The first-order valence-electron chi connectivity index (χ1n) is 5.71. The maximum absolute atomic E-state index is 12.5. The average Bonchev–Trinajstić information content (AvgIpc) is 2.76. The predicted octanol–water partition coefficient (Wildman–Crippen LogP) is 2.38. The van der Waals surface area contributed by atoms with Gasteiger partial charge in [0.15, 0.2) is 0 Å². The quantitative estimate of drug-likeness (QED) is 0.931. The Hall–Kier alpha value is -2.05. The first-order chi connectivity index (χ1) is 8.90. The molecule has 0 atom stereocenters.